The number of aromatic nitrogens is 1. The van der Waals surface area contributed by atoms with Crippen molar-refractivity contribution in [3.8, 4) is 11.6 Å². The minimum atomic E-state index is -0.281. The maximum absolute atomic E-state index is 11.2. The summed E-state index contributed by atoms with van der Waals surface area (Å²) >= 11 is 3.32. The van der Waals surface area contributed by atoms with Gasteiger partial charge in [-0.05, 0) is 53.2 Å². The molecule has 0 saturated heterocycles. The first-order chi connectivity index (χ1) is 10.2. The summed E-state index contributed by atoms with van der Waals surface area (Å²) in [6, 6.07) is 10.9. The van der Waals surface area contributed by atoms with Gasteiger partial charge in [-0.3, -0.25) is 4.79 Å². The molecule has 0 radical (unpaired) electrons. The number of nitrogens with zero attached hydrogens (tertiary/aromatic N) is 1. The molecule has 6 heteroatoms. The van der Waals surface area contributed by atoms with Gasteiger partial charge in [-0.15, -0.1) is 0 Å². The van der Waals surface area contributed by atoms with Gasteiger partial charge in [-0.2, -0.15) is 0 Å². The van der Waals surface area contributed by atoms with E-state index in [1.54, 1.807) is 31.3 Å². The Morgan fingerprint density at radius 2 is 2.00 bits per heavy atom. The van der Waals surface area contributed by atoms with Gasteiger partial charge >= 0.3 is 5.97 Å². The minimum absolute atomic E-state index is 0.141. The monoisotopic (exact) mass is 350 g/mol. The number of rotatable bonds is 6. The van der Waals surface area contributed by atoms with Crippen LogP contribution in [0.15, 0.2) is 47.1 Å². The Morgan fingerprint density at radius 3 is 2.62 bits per heavy atom. The van der Waals surface area contributed by atoms with Crippen LogP contribution in [-0.2, 0) is 9.53 Å². The predicted molar refractivity (Wildman–Crippen MR) is 83.6 cm³/mol. The summed E-state index contributed by atoms with van der Waals surface area (Å²) in [7, 11) is 0. The Hall–Kier alpha value is -2.08. The molecule has 0 amide bonds. The minimum Gasteiger partial charge on any atom is -0.465 e. The molecule has 0 unspecified atom stereocenters. The van der Waals surface area contributed by atoms with Gasteiger partial charge in [-0.1, -0.05) is 0 Å². The normalized spacial score (nSPS) is 10.0. The number of pyridine rings is 1. The van der Waals surface area contributed by atoms with E-state index in [4.69, 9.17) is 9.47 Å². The Bertz CT molecular complexity index is 585. The lowest BCUT2D eigenvalue weighted by Gasteiger charge is -2.08. The number of hydrogen-bond donors (Lipinski definition) is 1. The van der Waals surface area contributed by atoms with Crippen LogP contribution in [0.25, 0.3) is 0 Å². The molecule has 0 atom stereocenters. The molecular formula is C15H15BrN2O3. The first-order valence-corrected chi connectivity index (χ1v) is 7.25. The molecule has 0 fully saturated rings. The fourth-order valence-corrected chi connectivity index (χ4v) is 1.80. The summed E-state index contributed by atoms with van der Waals surface area (Å²) in [6.07, 6.45) is 1.67. The third kappa shape index (κ3) is 5.07. The number of carbonyl (C=O) groups excluding carboxylic acids is 1. The number of ether oxygens (including phenoxy) is 2. The molecule has 1 aromatic carbocycles. The molecule has 110 valence electrons. The number of nitrogens with one attached hydrogen (secondary N) is 1. The molecule has 1 N–H and O–H groups in total. The average molecular weight is 351 g/mol. The van der Waals surface area contributed by atoms with Gasteiger partial charge in [0.15, 0.2) is 0 Å². The van der Waals surface area contributed by atoms with Crippen LogP contribution < -0.4 is 10.1 Å². The Kier molecular flexibility index (Phi) is 5.57. The van der Waals surface area contributed by atoms with E-state index in [0.717, 1.165) is 10.2 Å². The molecule has 1 aromatic heterocycles. The van der Waals surface area contributed by atoms with Crippen molar-refractivity contribution in [3.63, 3.8) is 0 Å². The van der Waals surface area contributed by atoms with E-state index in [1.807, 2.05) is 18.2 Å². The number of carbonyl (C=O) groups is 1. The van der Waals surface area contributed by atoms with E-state index in [2.05, 4.69) is 26.2 Å². The lowest BCUT2D eigenvalue weighted by molar-refractivity contribution is -0.140. The molecule has 5 nitrogen and oxygen atoms in total. The van der Waals surface area contributed by atoms with Crippen molar-refractivity contribution < 1.29 is 14.3 Å². The van der Waals surface area contributed by atoms with Crippen LogP contribution >= 0.6 is 15.9 Å². The first-order valence-electron chi connectivity index (χ1n) is 6.46. The van der Waals surface area contributed by atoms with Gasteiger partial charge in [0, 0.05) is 22.4 Å². The summed E-state index contributed by atoms with van der Waals surface area (Å²) in [6.45, 7) is 2.30. The molecule has 0 spiro atoms. The number of anilines is 1. The standard InChI is InChI=1S/C15H15BrN2O3/c1-2-20-15(19)10-17-12-4-6-13(7-5-12)21-14-8-3-11(16)9-18-14/h3-9,17H,2,10H2,1H3. The zero-order chi connectivity index (χ0) is 15.1. The number of esters is 1. The molecule has 21 heavy (non-hydrogen) atoms. The SMILES string of the molecule is CCOC(=O)CNc1ccc(Oc2ccc(Br)cn2)cc1. The highest BCUT2D eigenvalue weighted by Gasteiger charge is 2.02. The van der Waals surface area contributed by atoms with Crippen molar-refractivity contribution in [1.82, 2.24) is 4.98 Å². The summed E-state index contributed by atoms with van der Waals surface area (Å²) < 4.78 is 11.3. The maximum atomic E-state index is 11.2. The lowest BCUT2D eigenvalue weighted by atomic mass is 10.3. The molecule has 0 aliphatic carbocycles. The highest BCUT2D eigenvalue weighted by Crippen LogP contribution is 2.22. The van der Waals surface area contributed by atoms with Crippen LogP contribution in [0.1, 0.15) is 6.92 Å². The van der Waals surface area contributed by atoms with Gasteiger partial charge in [-0.25, -0.2) is 4.98 Å². The second-order valence-corrected chi connectivity index (χ2v) is 5.02. The Balaban J connectivity index is 1.89. The second-order valence-electron chi connectivity index (χ2n) is 4.10. The Labute approximate surface area is 131 Å². The molecular weight excluding hydrogens is 336 g/mol. The number of hydrogen-bond acceptors (Lipinski definition) is 5. The molecule has 0 aliphatic heterocycles. The molecule has 1 heterocycles. The lowest BCUT2D eigenvalue weighted by Crippen LogP contribution is -2.16. The van der Waals surface area contributed by atoms with E-state index in [1.165, 1.54) is 0 Å². The zero-order valence-corrected chi connectivity index (χ0v) is 13.1. The summed E-state index contributed by atoms with van der Waals surface area (Å²) in [5.41, 5.74) is 0.819. The fourth-order valence-electron chi connectivity index (χ4n) is 1.57. The number of halogens is 1. The predicted octanol–water partition coefficient (Wildman–Crippen LogP) is 3.61. The molecule has 0 bridgehead atoms. The number of benzene rings is 1. The van der Waals surface area contributed by atoms with Gasteiger partial charge in [0.1, 0.15) is 12.3 Å². The maximum Gasteiger partial charge on any atom is 0.325 e. The second kappa shape index (κ2) is 7.64. The largest absolute Gasteiger partial charge is 0.465 e. The van der Waals surface area contributed by atoms with E-state index >= 15 is 0 Å². The van der Waals surface area contributed by atoms with Crippen molar-refractivity contribution in [2.45, 2.75) is 6.92 Å². The van der Waals surface area contributed by atoms with Crippen LogP contribution in [0.5, 0.6) is 11.6 Å². The van der Waals surface area contributed by atoms with Crippen molar-refractivity contribution in [3.05, 3.63) is 47.1 Å². The summed E-state index contributed by atoms with van der Waals surface area (Å²) in [5.74, 6) is 0.911. The van der Waals surface area contributed by atoms with Crippen molar-refractivity contribution in [2.24, 2.45) is 0 Å². The molecule has 0 saturated carbocycles. The average Bonchev–Trinajstić information content (AvgIpc) is 2.49. The summed E-state index contributed by atoms with van der Waals surface area (Å²) in [4.78, 5) is 15.4. The van der Waals surface area contributed by atoms with E-state index in [0.29, 0.717) is 18.2 Å². The van der Waals surface area contributed by atoms with Crippen molar-refractivity contribution in [2.75, 3.05) is 18.5 Å². The van der Waals surface area contributed by atoms with E-state index < -0.39 is 0 Å². The molecule has 2 rings (SSSR count). The fraction of sp³-hybridized carbons (Fsp3) is 0.200. The third-order valence-corrected chi connectivity index (χ3v) is 2.99. The molecule has 0 aliphatic rings. The van der Waals surface area contributed by atoms with Crippen LogP contribution in [0, 0.1) is 0 Å². The van der Waals surface area contributed by atoms with Crippen LogP contribution in [0.4, 0.5) is 5.69 Å². The van der Waals surface area contributed by atoms with E-state index in [9.17, 15) is 4.79 Å². The van der Waals surface area contributed by atoms with Gasteiger partial charge in [0.25, 0.3) is 0 Å². The van der Waals surface area contributed by atoms with Crippen molar-refractivity contribution >= 4 is 27.6 Å². The Morgan fingerprint density at radius 1 is 1.24 bits per heavy atom. The molecule has 2 aromatic rings. The highest BCUT2D eigenvalue weighted by molar-refractivity contribution is 9.10. The van der Waals surface area contributed by atoms with Gasteiger partial charge in [0.2, 0.25) is 5.88 Å². The van der Waals surface area contributed by atoms with Crippen molar-refractivity contribution in [1.29, 1.82) is 0 Å². The first kappa shape index (κ1) is 15.3. The van der Waals surface area contributed by atoms with E-state index in [-0.39, 0.29) is 12.5 Å². The van der Waals surface area contributed by atoms with Gasteiger partial charge < -0.3 is 14.8 Å². The topological polar surface area (TPSA) is 60.5 Å². The smallest absolute Gasteiger partial charge is 0.325 e. The summed E-state index contributed by atoms with van der Waals surface area (Å²) in [5, 5.41) is 2.98. The van der Waals surface area contributed by atoms with Crippen LogP contribution in [-0.4, -0.2) is 24.1 Å². The zero-order valence-electron chi connectivity index (χ0n) is 11.5. The van der Waals surface area contributed by atoms with Crippen LogP contribution in [0.3, 0.4) is 0 Å². The third-order valence-electron chi connectivity index (χ3n) is 2.52. The van der Waals surface area contributed by atoms with Crippen LogP contribution in [0.2, 0.25) is 0 Å². The van der Waals surface area contributed by atoms with Gasteiger partial charge in [0.05, 0.1) is 6.61 Å². The highest BCUT2D eigenvalue weighted by atomic mass is 79.9. The quantitative estimate of drug-likeness (QED) is 0.806.